The number of likely N-dealkylation sites (tertiary alicyclic amines) is 1. The summed E-state index contributed by atoms with van der Waals surface area (Å²) < 4.78 is 6.09. The Bertz CT molecular complexity index is 821. The van der Waals surface area contributed by atoms with Gasteiger partial charge >= 0.3 is 0 Å². The van der Waals surface area contributed by atoms with E-state index in [2.05, 4.69) is 47.9 Å². The van der Waals surface area contributed by atoms with Gasteiger partial charge in [-0.2, -0.15) is 0 Å². The first-order chi connectivity index (χ1) is 15.1. The minimum absolute atomic E-state index is 0.128. The summed E-state index contributed by atoms with van der Waals surface area (Å²) in [6.07, 6.45) is 2.45. The molecule has 0 N–H and O–H groups in total. The highest BCUT2D eigenvalue weighted by Gasteiger charge is 2.23. The van der Waals surface area contributed by atoms with Crippen LogP contribution in [0.4, 0.5) is 5.69 Å². The predicted octanol–water partition coefficient (Wildman–Crippen LogP) is 4.15. The van der Waals surface area contributed by atoms with Gasteiger partial charge in [0, 0.05) is 43.5 Å². The molecule has 2 fully saturated rings. The van der Waals surface area contributed by atoms with Gasteiger partial charge in [0.25, 0.3) is 5.91 Å². The molecule has 0 spiro atoms. The van der Waals surface area contributed by atoms with E-state index < -0.39 is 0 Å². The Labute approximate surface area is 186 Å². The highest BCUT2D eigenvalue weighted by molar-refractivity contribution is 5.94. The largest absolute Gasteiger partial charge is 0.493 e. The van der Waals surface area contributed by atoms with Crippen LogP contribution in [0.5, 0.6) is 5.75 Å². The van der Waals surface area contributed by atoms with E-state index in [-0.39, 0.29) is 5.91 Å². The highest BCUT2D eigenvalue weighted by atomic mass is 16.5. The van der Waals surface area contributed by atoms with Gasteiger partial charge in [-0.1, -0.05) is 18.2 Å². The highest BCUT2D eigenvalue weighted by Crippen LogP contribution is 2.24. The number of piperidine rings is 1. The van der Waals surface area contributed by atoms with E-state index in [4.69, 9.17) is 4.74 Å². The second-order valence-corrected chi connectivity index (χ2v) is 9.02. The Balaban J connectivity index is 1.22. The van der Waals surface area contributed by atoms with E-state index in [9.17, 15) is 4.79 Å². The van der Waals surface area contributed by atoms with Crippen LogP contribution in [0, 0.1) is 5.92 Å². The number of carbonyl (C=O) groups is 1. The summed E-state index contributed by atoms with van der Waals surface area (Å²) in [5, 5.41) is 0. The van der Waals surface area contributed by atoms with Crippen LogP contribution < -0.4 is 9.64 Å². The Hall–Kier alpha value is -2.53. The molecular formula is C26H35N3O2. The fourth-order valence-corrected chi connectivity index (χ4v) is 4.53. The molecular weight excluding hydrogens is 386 g/mol. The van der Waals surface area contributed by atoms with Gasteiger partial charge in [-0.15, -0.1) is 0 Å². The summed E-state index contributed by atoms with van der Waals surface area (Å²) in [5.74, 6) is 1.74. The van der Waals surface area contributed by atoms with E-state index in [0.717, 1.165) is 44.1 Å². The fourth-order valence-electron chi connectivity index (χ4n) is 4.53. The van der Waals surface area contributed by atoms with E-state index in [1.165, 1.54) is 31.6 Å². The number of ether oxygens (including phenoxy) is 1. The zero-order valence-corrected chi connectivity index (χ0v) is 18.9. The Morgan fingerprint density at radius 3 is 2.16 bits per heavy atom. The maximum Gasteiger partial charge on any atom is 0.253 e. The second kappa shape index (κ2) is 10.2. The van der Waals surface area contributed by atoms with Crippen LogP contribution >= 0.6 is 0 Å². The van der Waals surface area contributed by atoms with Crippen LogP contribution in [0.25, 0.3) is 0 Å². The molecule has 4 rings (SSSR count). The van der Waals surface area contributed by atoms with Gasteiger partial charge in [-0.05, 0) is 82.1 Å². The molecule has 0 radical (unpaired) electrons. The molecule has 0 unspecified atom stereocenters. The standard InChI is InChI=1S/C26H35N3O2/c1-21(2)27-14-12-22(13-15-27)20-31-25-10-8-24(9-11-25)28-16-18-29(19-17-28)26(30)23-6-4-3-5-7-23/h3-11,21-22H,12-20H2,1-2H3. The Kier molecular flexibility index (Phi) is 7.13. The number of piperazine rings is 1. The summed E-state index contributed by atoms with van der Waals surface area (Å²) in [6, 6.07) is 18.7. The molecule has 2 aromatic rings. The Morgan fingerprint density at radius 1 is 0.903 bits per heavy atom. The maximum absolute atomic E-state index is 12.6. The number of rotatable bonds is 6. The van der Waals surface area contributed by atoms with Gasteiger partial charge in [0.05, 0.1) is 6.61 Å². The molecule has 2 heterocycles. The van der Waals surface area contributed by atoms with Gasteiger partial charge < -0.3 is 19.4 Å². The third kappa shape index (κ3) is 5.59. The zero-order chi connectivity index (χ0) is 21.6. The lowest BCUT2D eigenvalue weighted by Gasteiger charge is -2.36. The molecule has 166 valence electrons. The van der Waals surface area contributed by atoms with Crippen LogP contribution in [0.2, 0.25) is 0 Å². The number of carbonyl (C=O) groups excluding carboxylic acids is 1. The van der Waals surface area contributed by atoms with Crippen molar-refractivity contribution < 1.29 is 9.53 Å². The molecule has 0 atom stereocenters. The van der Waals surface area contributed by atoms with Crippen molar-refractivity contribution in [3.8, 4) is 5.75 Å². The number of hydrogen-bond acceptors (Lipinski definition) is 4. The molecule has 2 aliphatic heterocycles. The zero-order valence-electron chi connectivity index (χ0n) is 18.9. The van der Waals surface area contributed by atoms with Gasteiger partial charge in [0.1, 0.15) is 5.75 Å². The lowest BCUT2D eigenvalue weighted by atomic mass is 9.97. The first kappa shape index (κ1) is 21.7. The van der Waals surface area contributed by atoms with Crippen molar-refractivity contribution >= 4 is 11.6 Å². The van der Waals surface area contributed by atoms with E-state index in [1.807, 2.05) is 35.2 Å². The van der Waals surface area contributed by atoms with Crippen molar-refractivity contribution in [2.75, 3.05) is 50.8 Å². The molecule has 0 aliphatic carbocycles. The third-order valence-corrected chi connectivity index (χ3v) is 6.65. The normalized spacial score (nSPS) is 18.4. The third-order valence-electron chi connectivity index (χ3n) is 6.65. The molecule has 2 aliphatic rings. The minimum Gasteiger partial charge on any atom is -0.493 e. The first-order valence-corrected chi connectivity index (χ1v) is 11.7. The van der Waals surface area contributed by atoms with E-state index in [0.29, 0.717) is 12.0 Å². The number of anilines is 1. The molecule has 2 aromatic carbocycles. The van der Waals surface area contributed by atoms with Crippen LogP contribution in [-0.4, -0.2) is 67.6 Å². The molecule has 31 heavy (non-hydrogen) atoms. The lowest BCUT2D eigenvalue weighted by molar-refractivity contribution is 0.0747. The molecule has 0 bridgehead atoms. The molecule has 5 heteroatoms. The monoisotopic (exact) mass is 421 g/mol. The summed E-state index contributed by atoms with van der Waals surface area (Å²) in [4.78, 5) is 19.5. The first-order valence-electron chi connectivity index (χ1n) is 11.7. The van der Waals surface area contributed by atoms with Gasteiger partial charge in [-0.25, -0.2) is 0 Å². The van der Waals surface area contributed by atoms with Crippen LogP contribution in [0.1, 0.15) is 37.0 Å². The quantitative estimate of drug-likeness (QED) is 0.702. The van der Waals surface area contributed by atoms with Crippen molar-refractivity contribution in [3.05, 3.63) is 60.2 Å². The SMILES string of the molecule is CC(C)N1CCC(COc2ccc(N3CCN(C(=O)c4ccccc4)CC3)cc2)CC1. The van der Waals surface area contributed by atoms with E-state index >= 15 is 0 Å². The van der Waals surface area contributed by atoms with Gasteiger partial charge in [-0.3, -0.25) is 4.79 Å². The van der Waals surface area contributed by atoms with Crippen molar-refractivity contribution in [3.63, 3.8) is 0 Å². The van der Waals surface area contributed by atoms with Gasteiger partial charge in [0.2, 0.25) is 0 Å². The molecule has 2 saturated heterocycles. The number of benzene rings is 2. The van der Waals surface area contributed by atoms with Crippen LogP contribution in [0.15, 0.2) is 54.6 Å². The van der Waals surface area contributed by atoms with Crippen molar-refractivity contribution in [2.24, 2.45) is 5.92 Å². The number of nitrogens with zero attached hydrogens (tertiary/aromatic N) is 3. The fraction of sp³-hybridized carbons (Fsp3) is 0.500. The minimum atomic E-state index is 0.128. The van der Waals surface area contributed by atoms with Crippen LogP contribution in [-0.2, 0) is 0 Å². The van der Waals surface area contributed by atoms with E-state index in [1.54, 1.807) is 0 Å². The average Bonchev–Trinajstić information content (AvgIpc) is 2.83. The summed E-state index contributed by atoms with van der Waals surface area (Å²) in [6.45, 7) is 10.9. The smallest absolute Gasteiger partial charge is 0.253 e. The van der Waals surface area contributed by atoms with Gasteiger partial charge in [0.15, 0.2) is 0 Å². The second-order valence-electron chi connectivity index (χ2n) is 9.02. The van der Waals surface area contributed by atoms with Crippen molar-refractivity contribution in [1.29, 1.82) is 0 Å². The topological polar surface area (TPSA) is 36.0 Å². The van der Waals surface area contributed by atoms with Crippen LogP contribution in [0.3, 0.4) is 0 Å². The molecule has 0 aromatic heterocycles. The number of amides is 1. The molecule has 1 amide bonds. The molecule has 0 saturated carbocycles. The summed E-state index contributed by atoms with van der Waals surface area (Å²) >= 11 is 0. The lowest BCUT2D eigenvalue weighted by Crippen LogP contribution is -2.48. The summed E-state index contributed by atoms with van der Waals surface area (Å²) in [5.41, 5.74) is 1.97. The average molecular weight is 422 g/mol. The predicted molar refractivity (Wildman–Crippen MR) is 126 cm³/mol. The Morgan fingerprint density at radius 2 is 1.55 bits per heavy atom. The summed E-state index contributed by atoms with van der Waals surface area (Å²) in [7, 11) is 0. The molecule has 5 nitrogen and oxygen atoms in total. The maximum atomic E-state index is 12.6. The van der Waals surface area contributed by atoms with Crippen molar-refractivity contribution in [2.45, 2.75) is 32.7 Å². The van der Waals surface area contributed by atoms with Crippen molar-refractivity contribution in [1.82, 2.24) is 9.80 Å². The number of hydrogen-bond donors (Lipinski definition) is 0.